The van der Waals surface area contributed by atoms with E-state index in [0.29, 0.717) is 22.6 Å². The second-order valence-electron chi connectivity index (χ2n) is 4.68. The van der Waals surface area contributed by atoms with Crippen LogP contribution in [0.4, 0.5) is 10.1 Å². The number of carbonyl (C=O) groups is 1. The molecule has 1 unspecified atom stereocenters. The molecule has 2 rings (SSSR count). The summed E-state index contributed by atoms with van der Waals surface area (Å²) >= 11 is 0. The molecule has 0 saturated heterocycles. The van der Waals surface area contributed by atoms with Crippen molar-refractivity contribution in [3.63, 3.8) is 0 Å². The van der Waals surface area contributed by atoms with Crippen LogP contribution in [0.5, 0.6) is 5.75 Å². The molecule has 1 amide bonds. The van der Waals surface area contributed by atoms with Crippen LogP contribution in [0.25, 0.3) is 0 Å². The van der Waals surface area contributed by atoms with E-state index >= 15 is 0 Å². The van der Waals surface area contributed by atoms with Crippen LogP contribution in [0.3, 0.4) is 0 Å². The molecule has 3 N–H and O–H groups in total. The Morgan fingerprint density at radius 1 is 1.29 bits per heavy atom. The van der Waals surface area contributed by atoms with Gasteiger partial charge in [0.25, 0.3) is 5.91 Å². The highest BCUT2D eigenvalue weighted by Gasteiger charge is 2.17. The maximum Gasteiger partial charge on any atom is 0.255 e. The minimum Gasteiger partial charge on any atom is -0.496 e. The van der Waals surface area contributed by atoms with Gasteiger partial charge in [-0.1, -0.05) is 18.2 Å². The topological polar surface area (TPSA) is 64.3 Å². The average molecular weight is 288 g/mol. The lowest BCUT2D eigenvalue weighted by Crippen LogP contribution is -2.27. The minimum atomic E-state index is -0.468. The molecule has 5 heteroatoms. The van der Waals surface area contributed by atoms with Crippen molar-refractivity contribution in [2.45, 2.75) is 13.0 Å². The van der Waals surface area contributed by atoms with Gasteiger partial charge in [-0.05, 0) is 31.2 Å². The van der Waals surface area contributed by atoms with Gasteiger partial charge in [0.1, 0.15) is 11.6 Å². The molecule has 0 heterocycles. The molecule has 2 aromatic rings. The van der Waals surface area contributed by atoms with Gasteiger partial charge in [0.05, 0.1) is 18.7 Å². The van der Waals surface area contributed by atoms with Gasteiger partial charge in [0.15, 0.2) is 0 Å². The highest BCUT2D eigenvalue weighted by Crippen LogP contribution is 2.23. The van der Waals surface area contributed by atoms with E-state index in [1.807, 2.05) is 0 Å². The lowest BCUT2D eigenvalue weighted by molar-refractivity contribution is 0.0936. The summed E-state index contributed by atoms with van der Waals surface area (Å²) in [5, 5.41) is 2.74. The van der Waals surface area contributed by atoms with Gasteiger partial charge in [-0.3, -0.25) is 4.79 Å². The molecule has 0 aliphatic heterocycles. The van der Waals surface area contributed by atoms with Crippen LogP contribution >= 0.6 is 0 Å². The minimum absolute atomic E-state index is 0.320. The van der Waals surface area contributed by atoms with Crippen molar-refractivity contribution >= 4 is 11.6 Å². The molecular weight excluding hydrogens is 271 g/mol. The molecular formula is C16H17FN2O2. The van der Waals surface area contributed by atoms with Gasteiger partial charge < -0.3 is 15.8 Å². The predicted molar refractivity (Wildman–Crippen MR) is 79.7 cm³/mol. The average Bonchev–Trinajstić information content (AvgIpc) is 2.47. The molecule has 0 radical (unpaired) electrons. The Morgan fingerprint density at radius 3 is 2.67 bits per heavy atom. The number of rotatable bonds is 4. The number of methoxy groups -OCH3 is 1. The maximum atomic E-state index is 13.7. The first kappa shape index (κ1) is 14.8. The quantitative estimate of drug-likeness (QED) is 0.850. The van der Waals surface area contributed by atoms with E-state index in [-0.39, 0.29) is 11.7 Å². The summed E-state index contributed by atoms with van der Waals surface area (Å²) in [6.07, 6.45) is 0. The molecule has 21 heavy (non-hydrogen) atoms. The zero-order valence-corrected chi connectivity index (χ0v) is 11.9. The summed E-state index contributed by atoms with van der Waals surface area (Å²) in [7, 11) is 1.47. The second-order valence-corrected chi connectivity index (χ2v) is 4.68. The van der Waals surface area contributed by atoms with Crippen LogP contribution in [0.15, 0.2) is 42.5 Å². The smallest absolute Gasteiger partial charge is 0.255 e. The van der Waals surface area contributed by atoms with E-state index in [1.165, 1.54) is 19.2 Å². The summed E-state index contributed by atoms with van der Waals surface area (Å²) in [5.41, 5.74) is 6.89. The van der Waals surface area contributed by atoms with Gasteiger partial charge in [0, 0.05) is 11.3 Å². The summed E-state index contributed by atoms with van der Waals surface area (Å²) < 4.78 is 18.8. The number of anilines is 1. The number of nitrogens with two attached hydrogens (primary N) is 1. The molecule has 0 spiro atoms. The fourth-order valence-electron chi connectivity index (χ4n) is 2.08. The Morgan fingerprint density at radius 2 is 2.00 bits per heavy atom. The first-order valence-electron chi connectivity index (χ1n) is 6.51. The third kappa shape index (κ3) is 3.31. The first-order chi connectivity index (χ1) is 10.0. The molecule has 1 atom stereocenters. The van der Waals surface area contributed by atoms with Crippen molar-refractivity contribution in [2.75, 3.05) is 12.8 Å². The van der Waals surface area contributed by atoms with Crippen molar-refractivity contribution in [1.82, 2.24) is 5.32 Å². The van der Waals surface area contributed by atoms with E-state index in [9.17, 15) is 9.18 Å². The van der Waals surface area contributed by atoms with Crippen molar-refractivity contribution in [3.8, 4) is 5.75 Å². The number of benzene rings is 2. The SMILES string of the molecule is COc1ccc(N)cc1C(=O)NC(C)c1ccccc1F. The maximum absolute atomic E-state index is 13.7. The Kier molecular flexibility index (Phi) is 4.42. The number of ether oxygens (including phenoxy) is 1. The molecule has 2 aromatic carbocycles. The Labute approximate surface area is 122 Å². The summed E-state index contributed by atoms with van der Waals surface area (Å²) in [6, 6.07) is 10.7. The largest absolute Gasteiger partial charge is 0.496 e. The molecule has 0 aliphatic carbocycles. The monoisotopic (exact) mass is 288 g/mol. The predicted octanol–water partition coefficient (Wildman–Crippen LogP) is 2.91. The van der Waals surface area contributed by atoms with Crippen LogP contribution in [0, 0.1) is 5.82 Å². The third-order valence-corrected chi connectivity index (χ3v) is 3.19. The fourth-order valence-corrected chi connectivity index (χ4v) is 2.08. The number of hydrogen-bond acceptors (Lipinski definition) is 3. The number of nitrogen functional groups attached to an aromatic ring is 1. The van der Waals surface area contributed by atoms with E-state index in [2.05, 4.69) is 5.32 Å². The van der Waals surface area contributed by atoms with Crippen LogP contribution in [-0.2, 0) is 0 Å². The Balaban J connectivity index is 2.22. The standard InChI is InChI=1S/C16H17FN2O2/c1-10(12-5-3-4-6-14(12)17)19-16(20)13-9-11(18)7-8-15(13)21-2/h3-10H,18H2,1-2H3,(H,19,20). The van der Waals surface area contributed by atoms with Gasteiger partial charge in [-0.15, -0.1) is 0 Å². The first-order valence-corrected chi connectivity index (χ1v) is 6.51. The van der Waals surface area contributed by atoms with Crippen LogP contribution in [0.2, 0.25) is 0 Å². The van der Waals surface area contributed by atoms with Gasteiger partial charge in [-0.2, -0.15) is 0 Å². The van der Waals surface area contributed by atoms with Gasteiger partial charge in [-0.25, -0.2) is 4.39 Å². The van der Waals surface area contributed by atoms with E-state index < -0.39 is 6.04 Å². The Hall–Kier alpha value is -2.56. The summed E-state index contributed by atoms with van der Waals surface area (Å²) in [5.74, 6) is -0.304. The fraction of sp³-hybridized carbons (Fsp3) is 0.188. The summed E-state index contributed by atoms with van der Waals surface area (Å²) in [6.45, 7) is 1.72. The van der Waals surface area contributed by atoms with Crippen molar-refractivity contribution in [2.24, 2.45) is 0 Å². The molecule has 110 valence electrons. The lowest BCUT2D eigenvalue weighted by atomic mass is 10.1. The molecule has 0 bridgehead atoms. The highest BCUT2D eigenvalue weighted by atomic mass is 19.1. The molecule has 0 aromatic heterocycles. The van der Waals surface area contributed by atoms with Gasteiger partial charge >= 0.3 is 0 Å². The van der Waals surface area contributed by atoms with Crippen LogP contribution in [0.1, 0.15) is 28.9 Å². The highest BCUT2D eigenvalue weighted by molar-refractivity contribution is 5.98. The molecule has 0 aliphatic rings. The van der Waals surface area contributed by atoms with E-state index in [1.54, 1.807) is 37.3 Å². The Bertz CT molecular complexity index is 658. The molecule has 4 nitrogen and oxygen atoms in total. The van der Waals surface area contributed by atoms with Crippen LogP contribution in [-0.4, -0.2) is 13.0 Å². The number of halogens is 1. The number of nitrogens with one attached hydrogen (secondary N) is 1. The number of carbonyl (C=O) groups excluding carboxylic acids is 1. The third-order valence-electron chi connectivity index (χ3n) is 3.19. The summed E-state index contributed by atoms with van der Waals surface area (Å²) in [4.78, 5) is 12.3. The lowest BCUT2D eigenvalue weighted by Gasteiger charge is -2.16. The normalized spacial score (nSPS) is 11.8. The van der Waals surface area contributed by atoms with Gasteiger partial charge in [0.2, 0.25) is 0 Å². The van der Waals surface area contributed by atoms with E-state index in [4.69, 9.17) is 10.5 Å². The number of amides is 1. The second kappa shape index (κ2) is 6.26. The number of hydrogen-bond donors (Lipinski definition) is 2. The molecule has 0 saturated carbocycles. The van der Waals surface area contributed by atoms with Crippen molar-refractivity contribution in [1.29, 1.82) is 0 Å². The van der Waals surface area contributed by atoms with Crippen molar-refractivity contribution < 1.29 is 13.9 Å². The van der Waals surface area contributed by atoms with E-state index in [0.717, 1.165) is 0 Å². The van der Waals surface area contributed by atoms with Crippen LogP contribution < -0.4 is 15.8 Å². The molecule has 0 fully saturated rings. The van der Waals surface area contributed by atoms with Crippen molar-refractivity contribution in [3.05, 3.63) is 59.4 Å². The zero-order valence-electron chi connectivity index (χ0n) is 11.9. The zero-order chi connectivity index (χ0) is 15.4.